The molecule has 0 heterocycles. The number of carboxylic acids is 1. The van der Waals surface area contributed by atoms with Crippen molar-refractivity contribution in [2.24, 2.45) is 11.7 Å². The van der Waals surface area contributed by atoms with Crippen molar-refractivity contribution in [2.75, 3.05) is 0 Å². The topological polar surface area (TPSA) is 171 Å². The van der Waals surface area contributed by atoms with Crippen LogP contribution in [0, 0.1) is 5.92 Å². The third kappa shape index (κ3) is 9.03. The smallest absolute Gasteiger partial charge is 0.326 e. The van der Waals surface area contributed by atoms with Gasteiger partial charge in [0, 0.05) is 6.42 Å². The molecule has 32 heavy (non-hydrogen) atoms. The molecular weight excluding hydrogens is 416 g/mol. The molecule has 5 unspecified atom stereocenters. The van der Waals surface area contributed by atoms with Crippen LogP contribution in [-0.2, 0) is 25.6 Å². The van der Waals surface area contributed by atoms with E-state index in [1.54, 1.807) is 24.3 Å². The van der Waals surface area contributed by atoms with Crippen LogP contribution in [0.15, 0.2) is 30.3 Å². The van der Waals surface area contributed by atoms with Gasteiger partial charge in [-0.2, -0.15) is 0 Å². The summed E-state index contributed by atoms with van der Waals surface area (Å²) in [5.41, 5.74) is 6.36. The molecular formula is C22H34N4O6. The maximum atomic E-state index is 12.9. The molecule has 0 aliphatic rings. The third-order valence-electron chi connectivity index (χ3n) is 4.71. The molecule has 0 radical (unpaired) electrons. The number of carbonyl (C=O) groups is 4. The van der Waals surface area contributed by atoms with Crippen LogP contribution in [0.1, 0.15) is 39.7 Å². The lowest BCUT2D eigenvalue weighted by Crippen LogP contribution is -2.60. The molecule has 10 heteroatoms. The highest BCUT2D eigenvalue weighted by Crippen LogP contribution is 2.08. The molecule has 1 aromatic rings. The Morgan fingerprint density at radius 3 is 1.91 bits per heavy atom. The van der Waals surface area contributed by atoms with Gasteiger partial charge in [0.2, 0.25) is 17.7 Å². The van der Waals surface area contributed by atoms with E-state index in [-0.39, 0.29) is 18.8 Å². The van der Waals surface area contributed by atoms with Gasteiger partial charge in [-0.25, -0.2) is 4.79 Å². The molecule has 7 N–H and O–H groups in total. The summed E-state index contributed by atoms with van der Waals surface area (Å²) in [5, 5.41) is 26.8. The third-order valence-corrected chi connectivity index (χ3v) is 4.71. The quantitative estimate of drug-likeness (QED) is 0.250. The first-order chi connectivity index (χ1) is 14.9. The minimum Gasteiger partial charge on any atom is -0.480 e. The number of carboxylic acid groups (broad SMARTS) is 1. The molecule has 0 aliphatic heterocycles. The fourth-order valence-electron chi connectivity index (χ4n) is 2.98. The van der Waals surface area contributed by atoms with E-state index in [0.29, 0.717) is 0 Å². The van der Waals surface area contributed by atoms with Gasteiger partial charge in [0.05, 0.1) is 12.1 Å². The Kier molecular flexibility index (Phi) is 10.8. The Bertz CT molecular complexity index is 782. The molecule has 0 aromatic heterocycles. The van der Waals surface area contributed by atoms with E-state index < -0.39 is 54.0 Å². The van der Waals surface area contributed by atoms with Crippen molar-refractivity contribution in [3.8, 4) is 0 Å². The summed E-state index contributed by atoms with van der Waals surface area (Å²) >= 11 is 0. The molecule has 0 spiro atoms. The van der Waals surface area contributed by atoms with Gasteiger partial charge in [0.25, 0.3) is 0 Å². The molecule has 3 amide bonds. The first-order valence-electron chi connectivity index (χ1n) is 10.5. The average molecular weight is 451 g/mol. The van der Waals surface area contributed by atoms with Gasteiger partial charge in [0.15, 0.2) is 0 Å². The second kappa shape index (κ2) is 12.8. The number of benzene rings is 1. The van der Waals surface area contributed by atoms with Crippen molar-refractivity contribution < 1.29 is 29.4 Å². The Balaban J connectivity index is 3.01. The monoisotopic (exact) mass is 450 g/mol. The van der Waals surface area contributed by atoms with Crippen LogP contribution in [0.3, 0.4) is 0 Å². The number of aliphatic hydroxyl groups excluding tert-OH is 1. The highest BCUT2D eigenvalue weighted by Gasteiger charge is 2.32. The summed E-state index contributed by atoms with van der Waals surface area (Å²) in [6.45, 7) is 6.39. The SMILES string of the molecule is CC(C)CC(NC(=O)C(NC(=O)C(Cc1ccccc1)NC(=O)C(C)N)C(C)O)C(=O)O. The largest absolute Gasteiger partial charge is 0.480 e. The number of hydrogen-bond acceptors (Lipinski definition) is 6. The molecule has 0 aliphatic carbocycles. The summed E-state index contributed by atoms with van der Waals surface area (Å²) < 4.78 is 0. The minimum atomic E-state index is -1.41. The van der Waals surface area contributed by atoms with E-state index >= 15 is 0 Å². The highest BCUT2D eigenvalue weighted by atomic mass is 16.4. The van der Waals surface area contributed by atoms with E-state index in [1.165, 1.54) is 13.8 Å². The molecule has 10 nitrogen and oxygen atoms in total. The number of nitrogens with one attached hydrogen (secondary N) is 3. The number of nitrogens with two attached hydrogens (primary N) is 1. The van der Waals surface area contributed by atoms with Crippen molar-refractivity contribution in [2.45, 2.75) is 70.8 Å². The zero-order chi connectivity index (χ0) is 24.4. The first-order valence-corrected chi connectivity index (χ1v) is 10.5. The minimum absolute atomic E-state index is 0.000270. The number of carbonyl (C=O) groups excluding carboxylic acids is 3. The highest BCUT2D eigenvalue weighted by molar-refractivity contribution is 5.94. The summed E-state index contributed by atoms with van der Waals surface area (Å²) in [7, 11) is 0. The Morgan fingerprint density at radius 1 is 0.875 bits per heavy atom. The van der Waals surface area contributed by atoms with Gasteiger partial charge in [-0.15, -0.1) is 0 Å². The molecule has 1 aromatic carbocycles. The van der Waals surface area contributed by atoms with Gasteiger partial charge in [-0.3, -0.25) is 14.4 Å². The number of amides is 3. The van der Waals surface area contributed by atoms with E-state index in [1.807, 2.05) is 19.9 Å². The molecule has 1 rings (SSSR count). The lowest BCUT2D eigenvalue weighted by molar-refractivity contribution is -0.143. The van der Waals surface area contributed by atoms with E-state index in [2.05, 4.69) is 16.0 Å². The van der Waals surface area contributed by atoms with E-state index in [9.17, 15) is 29.4 Å². The average Bonchev–Trinajstić information content (AvgIpc) is 2.70. The van der Waals surface area contributed by atoms with Crippen LogP contribution < -0.4 is 21.7 Å². The van der Waals surface area contributed by atoms with Gasteiger partial charge in [-0.05, 0) is 31.7 Å². The van der Waals surface area contributed by atoms with Gasteiger partial charge in [-0.1, -0.05) is 44.2 Å². The lowest BCUT2D eigenvalue weighted by atomic mass is 10.0. The molecule has 0 saturated carbocycles. The number of aliphatic carboxylic acids is 1. The van der Waals surface area contributed by atoms with Crippen molar-refractivity contribution >= 4 is 23.7 Å². The second-order valence-corrected chi connectivity index (χ2v) is 8.30. The number of hydrogen-bond donors (Lipinski definition) is 6. The van der Waals surface area contributed by atoms with Gasteiger partial charge < -0.3 is 31.9 Å². The maximum Gasteiger partial charge on any atom is 0.326 e. The molecule has 0 fully saturated rings. The van der Waals surface area contributed by atoms with Crippen LogP contribution in [0.2, 0.25) is 0 Å². The predicted molar refractivity (Wildman–Crippen MR) is 118 cm³/mol. The Hall–Kier alpha value is -2.98. The van der Waals surface area contributed by atoms with Crippen LogP contribution in [0.25, 0.3) is 0 Å². The normalized spacial score (nSPS) is 15.7. The predicted octanol–water partition coefficient (Wildman–Crippen LogP) is -0.458. The summed E-state index contributed by atoms with van der Waals surface area (Å²) in [6, 6.07) is 4.43. The fourth-order valence-corrected chi connectivity index (χ4v) is 2.98. The second-order valence-electron chi connectivity index (χ2n) is 8.30. The fraction of sp³-hybridized carbons (Fsp3) is 0.545. The van der Waals surface area contributed by atoms with Crippen LogP contribution >= 0.6 is 0 Å². The van der Waals surface area contributed by atoms with Crippen LogP contribution in [-0.4, -0.2) is 64.2 Å². The zero-order valence-electron chi connectivity index (χ0n) is 18.9. The van der Waals surface area contributed by atoms with Crippen molar-refractivity contribution in [3.63, 3.8) is 0 Å². The van der Waals surface area contributed by atoms with Gasteiger partial charge in [0.1, 0.15) is 18.1 Å². The van der Waals surface area contributed by atoms with Crippen molar-refractivity contribution in [1.82, 2.24) is 16.0 Å². The first kappa shape index (κ1) is 27.1. The van der Waals surface area contributed by atoms with Crippen LogP contribution in [0.4, 0.5) is 0 Å². The standard InChI is InChI=1S/C22H34N4O6/c1-12(2)10-17(22(31)32)25-21(30)18(14(4)27)26-20(29)16(24-19(28)13(3)23)11-15-8-6-5-7-9-15/h5-9,12-14,16-18,27H,10-11,23H2,1-4H3,(H,24,28)(H,25,30)(H,26,29)(H,31,32). The van der Waals surface area contributed by atoms with Crippen molar-refractivity contribution in [1.29, 1.82) is 0 Å². The van der Waals surface area contributed by atoms with E-state index in [4.69, 9.17) is 5.73 Å². The van der Waals surface area contributed by atoms with Crippen LogP contribution in [0.5, 0.6) is 0 Å². The number of rotatable bonds is 12. The van der Waals surface area contributed by atoms with E-state index in [0.717, 1.165) is 5.56 Å². The zero-order valence-corrected chi connectivity index (χ0v) is 18.9. The molecule has 0 saturated heterocycles. The summed E-state index contributed by atoms with van der Waals surface area (Å²) in [4.78, 5) is 49.2. The maximum absolute atomic E-state index is 12.9. The van der Waals surface area contributed by atoms with Gasteiger partial charge >= 0.3 is 5.97 Å². The Morgan fingerprint density at radius 2 is 1.44 bits per heavy atom. The lowest BCUT2D eigenvalue weighted by Gasteiger charge is -2.26. The molecule has 0 bridgehead atoms. The molecule has 5 atom stereocenters. The molecule has 178 valence electrons. The number of aliphatic hydroxyl groups is 1. The summed E-state index contributed by atoms with van der Waals surface area (Å²) in [5.74, 6) is -3.31. The van der Waals surface area contributed by atoms with Crippen molar-refractivity contribution in [3.05, 3.63) is 35.9 Å². The summed E-state index contributed by atoms with van der Waals surface area (Å²) in [6.07, 6.45) is -0.999. The Labute approximate surface area is 187 Å².